The van der Waals surface area contributed by atoms with Crippen LogP contribution in [0, 0.1) is 16.0 Å². The third-order valence-corrected chi connectivity index (χ3v) is 3.82. The van der Waals surface area contributed by atoms with Gasteiger partial charge in [0.15, 0.2) is 0 Å². The molecule has 1 N–H and O–H groups in total. The van der Waals surface area contributed by atoms with Crippen LogP contribution in [0.2, 0.25) is 5.02 Å². The summed E-state index contributed by atoms with van der Waals surface area (Å²) in [6.45, 7) is 4.84. The number of carbonyl (C=O) groups is 1. The van der Waals surface area contributed by atoms with Gasteiger partial charge in [0, 0.05) is 18.7 Å². The molecule has 116 valence electrons. The highest BCUT2D eigenvalue weighted by Gasteiger charge is 2.15. The van der Waals surface area contributed by atoms with Crippen molar-refractivity contribution >= 4 is 23.2 Å². The fraction of sp³-hybridized carbons (Fsp3) is 0.533. The molecular weight excluding hydrogens is 292 g/mol. The van der Waals surface area contributed by atoms with Gasteiger partial charge in [-0.2, -0.15) is 0 Å². The number of rotatable bonds is 8. The summed E-state index contributed by atoms with van der Waals surface area (Å²) in [5, 5.41) is 13.6. The van der Waals surface area contributed by atoms with Crippen LogP contribution in [0.3, 0.4) is 0 Å². The first-order valence-electron chi connectivity index (χ1n) is 7.21. The Labute approximate surface area is 129 Å². The maximum absolute atomic E-state index is 12.1. The Morgan fingerprint density at radius 3 is 2.67 bits per heavy atom. The number of non-ortho nitro benzene ring substituents is 1. The van der Waals surface area contributed by atoms with Gasteiger partial charge in [0.1, 0.15) is 0 Å². The van der Waals surface area contributed by atoms with Crippen molar-refractivity contribution in [2.75, 3.05) is 6.54 Å². The van der Waals surface area contributed by atoms with E-state index in [9.17, 15) is 14.9 Å². The van der Waals surface area contributed by atoms with Gasteiger partial charge in [-0.15, -0.1) is 0 Å². The van der Waals surface area contributed by atoms with Crippen molar-refractivity contribution in [1.82, 2.24) is 5.32 Å². The van der Waals surface area contributed by atoms with Crippen LogP contribution >= 0.6 is 11.6 Å². The molecule has 1 aromatic rings. The highest BCUT2D eigenvalue weighted by Crippen LogP contribution is 2.22. The molecule has 0 saturated carbocycles. The van der Waals surface area contributed by atoms with Gasteiger partial charge in [-0.3, -0.25) is 14.9 Å². The van der Waals surface area contributed by atoms with Crippen molar-refractivity contribution in [1.29, 1.82) is 0 Å². The van der Waals surface area contributed by atoms with Gasteiger partial charge < -0.3 is 5.32 Å². The third kappa shape index (κ3) is 5.34. The molecule has 0 heterocycles. The molecule has 0 saturated heterocycles. The van der Waals surface area contributed by atoms with Crippen molar-refractivity contribution in [2.45, 2.75) is 39.5 Å². The van der Waals surface area contributed by atoms with E-state index in [1.54, 1.807) is 0 Å². The Morgan fingerprint density at radius 1 is 1.43 bits per heavy atom. The number of benzene rings is 1. The number of nitro benzene ring substituents is 1. The number of hydrogen-bond donors (Lipinski definition) is 1. The number of carbonyl (C=O) groups excluding carboxylic acids is 1. The highest BCUT2D eigenvalue weighted by atomic mass is 35.5. The predicted molar refractivity (Wildman–Crippen MR) is 83.7 cm³/mol. The van der Waals surface area contributed by atoms with E-state index in [4.69, 9.17) is 11.6 Å². The van der Waals surface area contributed by atoms with Crippen LogP contribution in [-0.4, -0.2) is 17.4 Å². The molecule has 1 amide bonds. The number of nitro groups is 1. The zero-order valence-corrected chi connectivity index (χ0v) is 13.2. The number of nitrogens with one attached hydrogen (secondary N) is 1. The van der Waals surface area contributed by atoms with Gasteiger partial charge in [0.05, 0.1) is 15.5 Å². The van der Waals surface area contributed by atoms with E-state index >= 15 is 0 Å². The van der Waals surface area contributed by atoms with Crippen LogP contribution in [0.1, 0.15) is 49.9 Å². The van der Waals surface area contributed by atoms with Gasteiger partial charge in [0.2, 0.25) is 0 Å². The van der Waals surface area contributed by atoms with Gasteiger partial charge in [0.25, 0.3) is 11.6 Å². The smallest absolute Gasteiger partial charge is 0.270 e. The van der Waals surface area contributed by atoms with Gasteiger partial charge >= 0.3 is 0 Å². The fourth-order valence-corrected chi connectivity index (χ4v) is 2.34. The summed E-state index contributed by atoms with van der Waals surface area (Å²) < 4.78 is 0. The monoisotopic (exact) mass is 312 g/mol. The second kappa shape index (κ2) is 8.62. The molecule has 6 heteroatoms. The Bertz CT molecular complexity index is 506. The summed E-state index contributed by atoms with van der Waals surface area (Å²) >= 11 is 5.94. The van der Waals surface area contributed by atoms with Crippen LogP contribution in [0.25, 0.3) is 0 Å². The average molecular weight is 313 g/mol. The minimum atomic E-state index is -0.536. The molecule has 0 unspecified atom stereocenters. The normalized spacial score (nSPS) is 12.0. The van der Waals surface area contributed by atoms with Crippen LogP contribution in [0.5, 0.6) is 0 Å². The third-order valence-electron chi connectivity index (χ3n) is 3.50. The summed E-state index contributed by atoms with van der Waals surface area (Å²) in [6, 6.07) is 3.88. The molecule has 21 heavy (non-hydrogen) atoms. The number of unbranched alkanes of at least 4 members (excludes halogenated alkanes) is 1. The number of halogens is 1. The Balaban J connectivity index is 2.65. The zero-order chi connectivity index (χ0) is 15.8. The summed E-state index contributed by atoms with van der Waals surface area (Å²) in [4.78, 5) is 22.2. The molecular formula is C15H21ClN2O3. The molecule has 0 spiro atoms. The lowest BCUT2D eigenvalue weighted by molar-refractivity contribution is -0.384. The van der Waals surface area contributed by atoms with Gasteiger partial charge in [-0.1, -0.05) is 44.7 Å². The van der Waals surface area contributed by atoms with Crippen LogP contribution < -0.4 is 5.32 Å². The topological polar surface area (TPSA) is 72.2 Å². The largest absolute Gasteiger partial charge is 0.352 e. The van der Waals surface area contributed by atoms with Crippen molar-refractivity contribution in [2.24, 2.45) is 5.92 Å². The first-order chi connectivity index (χ1) is 9.99. The van der Waals surface area contributed by atoms with Gasteiger partial charge in [-0.05, 0) is 18.4 Å². The van der Waals surface area contributed by atoms with E-state index < -0.39 is 4.92 Å². The molecule has 0 aliphatic rings. The van der Waals surface area contributed by atoms with E-state index in [1.165, 1.54) is 18.2 Å². The first kappa shape index (κ1) is 17.4. The molecule has 1 aromatic carbocycles. The number of hydrogen-bond acceptors (Lipinski definition) is 3. The Hall–Kier alpha value is -1.62. The molecule has 1 rings (SSSR count). The van der Waals surface area contributed by atoms with Crippen molar-refractivity contribution in [3.63, 3.8) is 0 Å². The standard InChI is InChI=1S/C15H21ClN2O3/c1-3-5-6-11(4-2)10-17-15(19)13-8-7-12(18(20)21)9-14(13)16/h7-9,11H,3-6,10H2,1-2H3,(H,17,19)/t11-/m0/s1. The molecule has 0 bridgehead atoms. The maximum atomic E-state index is 12.1. The molecule has 5 nitrogen and oxygen atoms in total. The van der Waals surface area contributed by atoms with E-state index in [2.05, 4.69) is 19.2 Å². The SMILES string of the molecule is CCCC[C@H](CC)CNC(=O)c1ccc([N+](=O)[O-])cc1Cl. The van der Waals surface area contributed by atoms with Crippen LogP contribution in [-0.2, 0) is 0 Å². The molecule has 0 fully saturated rings. The lowest BCUT2D eigenvalue weighted by Crippen LogP contribution is -2.29. The second-order valence-electron chi connectivity index (χ2n) is 5.05. The average Bonchev–Trinajstić information content (AvgIpc) is 2.46. The van der Waals surface area contributed by atoms with Crippen LogP contribution in [0.15, 0.2) is 18.2 Å². The van der Waals surface area contributed by atoms with Crippen molar-refractivity contribution in [3.8, 4) is 0 Å². The minimum Gasteiger partial charge on any atom is -0.352 e. The lowest BCUT2D eigenvalue weighted by atomic mass is 9.99. The van der Waals surface area contributed by atoms with E-state index in [0.717, 1.165) is 25.7 Å². The summed E-state index contributed by atoms with van der Waals surface area (Å²) in [6.07, 6.45) is 4.38. The number of amides is 1. The second-order valence-corrected chi connectivity index (χ2v) is 5.45. The van der Waals surface area contributed by atoms with Gasteiger partial charge in [-0.25, -0.2) is 0 Å². The van der Waals surface area contributed by atoms with Crippen molar-refractivity contribution < 1.29 is 9.72 Å². The summed E-state index contributed by atoms with van der Waals surface area (Å²) in [5.74, 6) is 0.163. The summed E-state index contributed by atoms with van der Waals surface area (Å²) in [5.41, 5.74) is 0.151. The van der Waals surface area contributed by atoms with E-state index in [0.29, 0.717) is 12.5 Å². The summed E-state index contributed by atoms with van der Waals surface area (Å²) in [7, 11) is 0. The zero-order valence-electron chi connectivity index (χ0n) is 12.4. The van der Waals surface area contributed by atoms with Crippen LogP contribution in [0.4, 0.5) is 5.69 Å². The molecule has 0 aliphatic carbocycles. The molecule has 1 atom stereocenters. The molecule has 0 aromatic heterocycles. The minimum absolute atomic E-state index is 0.100. The highest BCUT2D eigenvalue weighted by molar-refractivity contribution is 6.34. The number of nitrogens with zero attached hydrogens (tertiary/aromatic N) is 1. The Kier molecular flexibility index (Phi) is 7.15. The van der Waals surface area contributed by atoms with Crippen molar-refractivity contribution in [3.05, 3.63) is 38.9 Å². The first-order valence-corrected chi connectivity index (χ1v) is 7.59. The maximum Gasteiger partial charge on any atom is 0.270 e. The van der Waals surface area contributed by atoms with E-state index in [-0.39, 0.29) is 22.2 Å². The molecule has 0 aliphatic heterocycles. The van der Waals surface area contributed by atoms with E-state index in [1.807, 2.05) is 0 Å². The molecule has 0 radical (unpaired) electrons. The lowest BCUT2D eigenvalue weighted by Gasteiger charge is -2.15. The quantitative estimate of drug-likeness (QED) is 0.577. The predicted octanol–water partition coefficient (Wildman–Crippen LogP) is 4.19. The fourth-order valence-electron chi connectivity index (χ4n) is 2.08. The Morgan fingerprint density at radius 2 is 2.14 bits per heavy atom.